The van der Waals surface area contributed by atoms with Crippen LogP contribution in [0.3, 0.4) is 0 Å². The molecule has 0 fully saturated rings. The first-order valence-corrected chi connectivity index (χ1v) is 9.25. The zero-order chi connectivity index (χ0) is 20.4. The third-order valence-corrected chi connectivity index (χ3v) is 4.63. The predicted molar refractivity (Wildman–Crippen MR) is 113 cm³/mol. The molecule has 1 atom stereocenters. The number of nitrogens with two attached hydrogens (primary N) is 2. The zero-order valence-corrected chi connectivity index (χ0v) is 16.0. The zero-order valence-electron chi connectivity index (χ0n) is 15.3. The van der Waals surface area contributed by atoms with E-state index < -0.39 is 6.04 Å². The molecule has 2 aromatic carbocycles. The monoisotopic (exact) mass is 407 g/mol. The molecule has 4 rings (SSSR count). The highest BCUT2D eigenvalue weighted by atomic mass is 35.5. The number of hydrogen-bond donors (Lipinski definition) is 4. The van der Waals surface area contributed by atoms with Crippen LogP contribution in [0.2, 0.25) is 5.02 Å². The largest absolute Gasteiger partial charge is 0.368 e. The van der Waals surface area contributed by atoms with E-state index in [1.807, 2.05) is 12.1 Å². The van der Waals surface area contributed by atoms with Crippen LogP contribution in [0.15, 0.2) is 55.0 Å². The number of nitrogens with zero attached hydrogens (tertiary/aromatic N) is 3. The summed E-state index contributed by atoms with van der Waals surface area (Å²) < 4.78 is 0. The SMILES string of the molecule is Nc1nc(-c2cccc(NC(=O)C(N)Cc3c[nH]cn3)c2)c2cc(Cl)ccc2n1. The van der Waals surface area contributed by atoms with Crippen LogP contribution in [0, 0.1) is 0 Å². The average molecular weight is 408 g/mol. The number of carbonyl (C=O) groups is 1. The average Bonchev–Trinajstić information content (AvgIpc) is 3.21. The van der Waals surface area contributed by atoms with E-state index in [0.29, 0.717) is 28.3 Å². The molecule has 29 heavy (non-hydrogen) atoms. The summed E-state index contributed by atoms with van der Waals surface area (Å²) >= 11 is 6.15. The molecule has 2 aromatic heterocycles. The first kappa shape index (κ1) is 18.9. The van der Waals surface area contributed by atoms with Gasteiger partial charge < -0.3 is 21.8 Å². The molecule has 6 N–H and O–H groups in total. The van der Waals surface area contributed by atoms with Gasteiger partial charge in [0.15, 0.2) is 0 Å². The molecular formula is C20H18ClN7O. The predicted octanol–water partition coefficient (Wildman–Crippen LogP) is 2.76. The number of anilines is 2. The van der Waals surface area contributed by atoms with Crippen molar-refractivity contribution in [2.24, 2.45) is 5.73 Å². The Balaban J connectivity index is 1.62. The molecule has 8 nitrogen and oxygen atoms in total. The maximum atomic E-state index is 12.5. The summed E-state index contributed by atoms with van der Waals surface area (Å²) in [7, 11) is 0. The van der Waals surface area contributed by atoms with Crippen molar-refractivity contribution in [3.63, 3.8) is 0 Å². The molecule has 0 aliphatic heterocycles. The lowest BCUT2D eigenvalue weighted by Crippen LogP contribution is -2.37. The first-order valence-electron chi connectivity index (χ1n) is 8.87. The number of aromatic amines is 1. The van der Waals surface area contributed by atoms with Crippen LogP contribution in [0.1, 0.15) is 5.69 Å². The van der Waals surface area contributed by atoms with Crippen molar-refractivity contribution in [1.29, 1.82) is 0 Å². The first-order chi connectivity index (χ1) is 14.0. The third kappa shape index (κ3) is 4.18. The molecule has 0 aliphatic rings. The van der Waals surface area contributed by atoms with Gasteiger partial charge in [-0.1, -0.05) is 23.7 Å². The maximum absolute atomic E-state index is 12.5. The van der Waals surface area contributed by atoms with Gasteiger partial charge in [0, 0.05) is 34.3 Å². The Hall–Kier alpha value is -3.49. The highest BCUT2D eigenvalue weighted by Crippen LogP contribution is 2.30. The fourth-order valence-electron chi connectivity index (χ4n) is 3.04. The molecule has 146 valence electrons. The van der Waals surface area contributed by atoms with Gasteiger partial charge in [0.05, 0.1) is 29.3 Å². The number of rotatable bonds is 5. The lowest BCUT2D eigenvalue weighted by molar-refractivity contribution is -0.117. The van der Waals surface area contributed by atoms with Gasteiger partial charge in [-0.2, -0.15) is 0 Å². The highest BCUT2D eigenvalue weighted by Gasteiger charge is 2.16. The number of benzene rings is 2. The van der Waals surface area contributed by atoms with E-state index in [1.165, 1.54) is 0 Å². The van der Waals surface area contributed by atoms with Crippen molar-refractivity contribution in [2.45, 2.75) is 12.5 Å². The Morgan fingerprint density at radius 3 is 2.86 bits per heavy atom. The molecule has 9 heteroatoms. The minimum absolute atomic E-state index is 0.158. The van der Waals surface area contributed by atoms with Crippen LogP contribution >= 0.6 is 11.6 Å². The van der Waals surface area contributed by atoms with Crippen molar-refractivity contribution < 1.29 is 4.79 Å². The summed E-state index contributed by atoms with van der Waals surface area (Å²) in [6.07, 6.45) is 3.59. The van der Waals surface area contributed by atoms with E-state index in [0.717, 1.165) is 16.6 Å². The van der Waals surface area contributed by atoms with E-state index in [9.17, 15) is 4.79 Å². The summed E-state index contributed by atoms with van der Waals surface area (Å²) in [5.41, 5.74) is 15.3. The number of H-pyrrole nitrogens is 1. The molecule has 0 saturated heterocycles. The van der Waals surface area contributed by atoms with Crippen molar-refractivity contribution in [3.05, 3.63) is 65.7 Å². The van der Waals surface area contributed by atoms with Crippen LogP contribution in [-0.2, 0) is 11.2 Å². The molecule has 0 radical (unpaired) electrons. The number of halogens is 1. The number of nitrogens with one attached hydrogen (secondary N) is 2. The summed E-state index contributed by atoms with van der Waals surface area (Å²) in [5.74, 6) is -0.148. The normalized spacial score (nSPS) is 12.1. The minimum Gasteiger partial charge on any atom is -0.368 e. The molecule has 2 heterocycles. The number of imidazole rings is 1. The number of fused-ring (bicyclic) bond motifs is 1. The minimum atomic E-state index is -0.726. The number of carbonyl (C=O) groups excluding carboxylic acids is 1. The Bertz CT molecular complexity index is 1180. The van der Waals surface area contributed by atoms with Crippen LogP contribution in [-0.4, -0.2) is 31.9 Å². The summed E-state index contributed by atoms with van der Waals surface area (Å²) in [6, 6.07) is 11.9. The van der Waals surface area contributed by atoms with Gasteiger partial charge in [-0.25, -0.2) is 15.0 Å². The van der Waals surface area contributed by atoms with E-state index in [1.54, 1.807) is 42.9 Å². The second-order valence-electron chi connectivity index (χ2n) is 6.53. The fourth-order valence-corrected chi connectivity index (χ4v) is 3.21. The summed E-state index contributed by atoms with van der Waals surface area (Å²) in [5, 5.41) is 4.17. The fraction of sp³-hybridized carbons (Fsp3) is 0.100. The molecule has 4 aromatic rings. The molecule has 1 unspecified atom stereocenters. The molecule has 0 aliphatic carbocycles. The van der Waals surface area contributed by atoms with Crippen LogP contribution in [0.5, 0.6) is 0 Å². The van der Waals surface area contributed by atoms with Crippen LogP contribution in [0.25, 0.3) is 22.2 Å². The van der Waals surface area contributed by atoms with Crippen molar-refractivity contribution in [2.75, 3.05) is 11.1 Å². The van der Waals surface area contributed by atoms with E-state index in [2.05, 4.69) is 25.3 Å². The molecule has 1 amide bonds. The lowest BCUT2D eigenvalue weighted by atomic mass is 10.1. The Kier molecular flexibility index (Phi) is 5.11. The van der Waals surface area contributed by atoms with Gasteiger partial charge in [0.25, 0.3) is 0 Å². The molecule has 0 bridgehead atoms. The summed E-state index contributed by atoms with van der Waals surface area (Å²) in [6.45, 7) is 0. The van der Waals surface area contributed by atoms with Crippen molar-refractivity contribution in [1.82, 2.24) is 19.9 Å². The van der Waals surface area contributed by atoms with E-state index in [4.69, 9.17) is 23.1 Å². The van der Waals surface area contributed by atoms with Gasteiger partial charge in [-0.15, -0.1) is 0 Å². The highest BCUT2D eigenvalue weighted by molar-refractivity contribution is 6.31. The second kappa shape index (κ2) is 7.86. The van der Waals surface area contributed by atoms with Gasteiger partial charge in [0.2, 0.25) is 11.9 Å². The van der Waals surface area contributed by atoms with Crippen molar-refractivity contribution >= 4 is 40.0 Å². The topological polar surface area (TPSA) is 136 Å². The standard InChI is InChI=1S/C20H18ClN7O/c21-12-4-5-17-15(7-12)18(28-20(23)27-17)11-2-1-3-13(6-11)26-19(29)16(22)8-14-9-24-10-25-14/h1-7,9-10,16H,8,22H2,(H,24,25)(H,26,29)(H2,23,27,28). The van der Waals surface area contributed by atoms with E-state index in [-0.39, 0.29) is 11.9 Å². The Morgan fingerprint density at radius 2 is 2.07 bits per heavy atom. The number of aromatic nitrogens is 4. The smallest absolute Gasteiger partial charge is 0.241 e. The quantitative estimate of drug-likeness (QED) is 0.401. The summed E-state index contributed by atoms with van der Waals surface area (Å²) in [4.78, 5) is 28.0. The molecular weight excluding hydrogens is 390 g/mol. The Labute approximate surface area is 171 Å². The Morgan fingerprint density at radius 1 is 1.21 bits per heavy atom. The van der Waals surface area contributed by atoms with E-state index >= 15 is 0 Å². The number of amides is 1. The van der Waals surface area contributed by atoms with Gasteiger partial charge in [-0.3, -0.25) is 4.79 Å². The van der Waals surface area contributed by atoms with Crippen molar-refractivity contribution in [3.8, 4) is 11.3 Å². The number of nitrogen functional groups attached to an aromatic ring is 1. The molecule has 0 saturated carbocycles. The van der Waals surface area contributed by atoms with Gasteiger partial charge >= 0.3 is 0 Å². The van der Waals surface area contributed by atoms with Gasteiger partial charge in [0.1, 0.15) is 0 Å². The van der Waals surface area contributed by atoms with Crippen LogP contribution < -0.4 is 16.8 Å². The number of hydrogen-bond acceptors (Lipinski definition) is 6. The maximum Gasteiger partial charge on any atom is 0.241 e. The third-order valence-electron chi connectivity index (χ3n) is 4.40. The van der Waals surface area contributed by atoms with Crippen LogP contribution in [0.4, 0.5) is 11.6 Å². The van der Waals surface area contributed by atoms with Gasteiger partial charge in [-0.05, 0) is 30.3 Å². The second-order valence-corrected chi connectivity index (χ2v) is 6.97. The lowest BCUT2D eigenvalue weighted by Gasteiger charge is -2.13. The molecule has 0 spiro atoms.